The molecule has 5 heteroatoms. The molecule has 2 aromatic carbocycles. The molecule has 2 aromatic rings. The molecule has 1 amide bonds. The maximum Gasteiger partial charge on any atom is 0.221 e. The van der Waals surface area contributed by atoms with Crippen molar-refractivity contribution in [3.05, 3.63) is 71.3 Å². The molecule has 0 aliphatic carbocycles. The predicted octanol–water partition coefficient (Wildman–Crippen LogP) is 3.82. The van der Waals surface area contributed by atoms with E-state index in [2.05, 4.69) is 5.32 Å². The van der Waals surface area contributed by atoms with E-state index in [1.165, 1.54) is 19.1 Å². The third-order valence-electron chi connectivity index (χ3n) is 2.84. The number of halogens is 2. The van der Waals surface area contributed by atoms with E-state index in [-0.39, 0.29) is 17.3 Å². The van der Waals surface area contributed by atoms with Crippen LogP contribution >= 0.6 is 0 Å². The van der Waals surface area contributed by atoms with Crippen LogP contribution in [0.25, 0.3) is 6.08 Å². The molecule has 1 N–H and O–H groups in total. The zero-order chi connectivity index (χ0) is 16.1. The van der Waals surface area contributed by atoms with Crippen LogP contribution in [-0.2, 0) is 4.79 Å². The standard InChI is InChI=1S/C17H13F2NO2/c1-11(21)20-15-4-2-3-13(10-15)17(22)8-5-12-9-14(18)6-7-16(12)19/h2-10H,1H3,(H,20,21)/b8-5+. The molecule has 0 heterocycles. The zero-order valence-electron chi connectivity index (χ0n) is 11.8. The number of hydrogen-bond donors (Lipinski definition) is 1. The summed E-state index contributed by atoms with van der Waals surface area (Å²) < 4.78 is 26.5. The van der Waals surface area contributed by atoms with E-state index in [1.807, 2.05) is 0 Å². The minimum atomic E-state index is -0.613. The Morgan fingerprint density at radius 2 is 1.86 bits per heavy atom. The maximum atomic E-state index is 13.5. The van der Waals surface area contributed by atoms with Crippen LogP contribution < -0.4 is 5.32 Å². The first kappa shape index (κ1) is 15.6. The second kappa shape index (κ2) is 6.76. The molecule has 0 radical (unpaired) electrons. The molecule has 2 rings (SSSR count). The third kappa shape index (κ3) is 4.09. The van der Waals surface area contributed by atoms with Gasteiger partial charge in [0.1, 0.15) is 11.6 Å². The number of carbonyl (C=O) groups is 2. The van der Waals surface area contributed by atoms with Crippen LogP contribution in [0.4, 0.5) is 14.5 Å². The molecular weight excluding hydrogens is 288 g/mol. The summed E-state index contributed by atoms with van der Waals surface area (Å²) in [5.74, 6) is -1.82. The molecule has 0 fully saturated rings. The fourth-order valence-corrected chi connectivity index (χ4v) is 1.86. The quantitative estimate of drug-likeness (QED) is 0.689. The number of benzene rings is 2. The number of carbonyl (C=O) groups excluding carboxylic acids is 2. The van der Waals surface area contributed by atoms with Crippen LogP contribution in [0, 0.1) is 11.6 Å². The fraction of sp³-hybridized carbons (Fsp3) is 0.0588. The molecule has 0 unspecified atom stereocenters. The number of hydrogen-bond acceptors (Lipinski definition) is 2. The molecule has 0 aliphatic rings. The second-order valence-electron chi connectivity index (χ2n) is 4.63. The van der Waals surface area contributed by atoms with Gasteiger partial charge in [-0.2, -0.15) is 0 Å². The Morgan fingerprint density at radius 1 is 1.09 bits per heavy atom. The van der Waals surface area contributed by atoms with Crippen molar-refractivity contribution in [3.8, 4) is 0 Å². The molecule has 3 nitrogen and oxygen atoms in total. The predicted molar refractivity (Wildman–Crippen MR) is 80.5 cm³/mol. The van der Waals surface area contributed by atoms with Gasteiger partial charge < -0.3 is 5.32 Å². The Kier molecular flexibility index (Phi) is 4.78. The summed E-state index contributed by atoms with van der Waals surface area (Å²) in [4.78, 5) is 23.0. The molecule has 0 saturated carbocycles. The lowest BCUT2D eigenvalue weighted by Gasteiger charge is -2.03. The average Bonchev–Trinajstić information content (AvgIpc) is 2.47. The lowest BCUT2D eigenvalue weighted by molar-refractivity contribution is -0.114. The van der Waals surface area contributed by atoms with Gasteiger partial charge in [-0.1, -0.05) is 12.1 Å². The lowest BCUT2D eigenvalue weighted by Crippen LogP contribution is -2.06. The van der Waals surface area contributed by atoms with Gasteiger partial charge in [0.25, 0.3) is 0 Å². The van der Waals surface area contributed by atoms with Gasteiger partial charge in [-0.3, -0.25) is 9.59 Å². The van der Waals surface area contributed by atoms with E-state index in [0.717, 1.165) is 24.3 Å². The van der Waals surface area contributed by atoms with E-state index >= 15 is 0 Å². The highest BCUT2D eigenvalue weighted by Gasteiger charge is 2.05. The van der Waals surface area contributed by atoms with Gasteiger partial charge in [-0.25, -0.2) is 8.78 Å². The summed E-state index contributed by atoms with van der Waals surface area (Å²) in [7, 11) is 0. The summed E-state index contributed by atoms with van der Waals surface area (Å²) in [6.45, 7) is 1.36. The summed E-state index contributed by atoms with van der Waals surface area (Å²) in [6, 6.07) is 9.36. The SMILES string of the molecule is CC(=O)Nc1cccc(C(=O)/C=C/c2cc(F)ccc2F)c1. The van der Waals surface area contributed by atoms with Crippen molar-refractivity contribution in [2.75, 3.05) is 5.32 Å². The largest absolute Gasteiger partial charge is 0.326 e. The highest BCUT2D eigenvalue weighted by atomic mass is 19.1. The van der Waals surface area contributed by atoms with E-state index in [0.29, 0.717) is 11.3 Å². The van der Waals surface area contributed by atoms with Crippen LogP contribution in [0.5, 0.6) is 0 Å². The minimum absolute atomic E-state index is 0.00799. The Labute approximate surface area is 126 Å². The molecule has 0 saturated heterocycles. The third-order valence-corrected chi connectivity index (χ3v) is 2.84. The maximum absolute atomic E-state index is 13.5. The number of rotatable bonds is 4. The smallest absolute Gasteiger partial charge is 0.221 e. The highest BCUT2D eigenvalue weighted by molar-refractivity contribution is 6.07. The normalized spacial score (nSPS) is 10.7. The van der Waals surface area contributed by atoms with Gasteiger partial charge in [-0.15, -0.1) is 0 Å². The number of amides is 1. The second-order valence-corrected chi connectivity index (χ2v) is 4.63. The molecular formula is C17H13F2NO2. The molecule has 0 bridgehead atoms. The van der Waals surface area contributed by atoms with Gasteiger partial charge in [0.2, 0.25) is 5.91 Å². The Balaban J connectivity index is 2.20. The monoisotopic (exact) mass is 301 g/mol. The van der Waals surface area contributed by atoms with Crippen molar-refractivity contribution in [1.82, 2.24) is 0 Å². The van der Waals surface area contributed by atoms with Crippen molar-refractivity contribution in [2.24, 2.45) is 0 Å². The molecule has 0 atom stereocenters. The highest BCUT2D eigenvalue weighted by Crippen LogP contribution is 2.14. The van der Waals surface area contributed by atoms with E-state index < -0.39 is 11.6 Å². The van der Waals surface area contributed by atoms with Crippen LogP contribution in [-0.4, -0.2) is 11.7 Å². The Hall–Kier alpha value is -2.82. The Bertz CT molecular complexity index is 754. The number of anilines is 1. The first-order chi connectivity index (χ1) is 10.5. The van der Waals surface area contributed by atoms with Crippen molar-refractivity contribution >= 4 is 23.5 Å². The Morgan fingerprint density at radius 3 is 2.59 bits per heavy atom. The summed E-state index contributed by atoms with van der Waals surface area (Å²) >= 11 is 0. The summed E-state index contributed by atoms with van der Waals surface area (Å²) in [6.07, 6.45) is 2.37. The number of ketones is 1. The molecule has 112 valence electrons. The van der Waals surface area contributed by atoms with Crippen LogP contribution in [0.15, 0.2) is 48.5 Å². The first-order valence-corrected chi connectivity index (χ1v) is 6.51. The van der Waals surface area contributed by atoms with Gasteiger partial charge in [-0.05, 0) is 42.5 Å². The van der Waals surface area contributed by atoms with Crippen molar-refractivity contribution in [3.63, 3.8) is 0 Å². The first-order valence-electron chi connectivity index (χ1n) is 6.51. The summed E-state index contributed by atoms with van der Waals surface area (Å²) in [5.41, 5.74) is 0.814. The molecule has 22 heavy (non-hydrogen) atoms. The van der Waals surface area contributed by atoms with E-state index in [1.54, 1.807) is 18.2 Å². The van der Waals surface area contributed by atoms with Crippen LogP contribution in [0.1, 0.15) is 22.8 Å². The van der Waals surface area contributed by atoms with Gasteiger partial charge in [0, 0.05) is 23.7 Å². The van der Waals surface area contributed by atoms with Crippen molar-refractivity contribution in [2.45, 2.75) is 6.92 Å². The molecule has 0 spiro atoms. The molecule has 0 aliphatic heterocycles. The van der Waals surface area contributed by atoms with Crippen LogP contribution in [0.2, 0.25) is 0 Å². The van der Waals surface area contributed by atoms with Crippen molar-refractivity contribution in [1.29, 1.82) is 0 Å². The summed E-state index contributed by atoms with van der Waals surface area (Å²) in [5, 5.41) is 2.57. The minimum Gasteiger partial charge on any atom is -0.326 e. The number of nitrogens with one attached hydrogen (secondary N) is 1. The van der Waals surface area contributed by atoms with Gasteiger partial charge >= 0.3 is 0 Å². The van der Waals surface area contributed by atoms with Crippen LogP contribution in [0.3, 0.4) is 0 Å². The average molecular weight is 301 g/mol. The zero-order valence-corrected chi connectivity index (χ0v) is 11.8. The number of allylic oxidation sites excluding steroid dienone is 1. The molecule has 0 aromatic heterocycles. The van der Waals surface area contributed by atoms with E-state index in [9.17, 15) is 18.4 Å². The van der Waals surface area contributed by atoms with Gasteiger partial charge in [0.05, 0.1) is 0 Å². The van der Waals surface area contributed by atoms with Gasteiger partial charge in [0.15, 0.2) is 5.78 Å². The fourth-order valence-electron chi connectivity index (χ4n) is 1.86. The van der Waals surface area contributed by atoms with E-state index in [4.69, 9.17) is 0 Å². The topological polar surface area (TPSA) is 46.2 Å². The lowest BCUT2D eigenvalue weighted by atomic mass is 10.1. The van der Waals surface area contributed by atoms with Crippen molar-refractivity contribution < 1.29 is 18.4 Å².